The molecule has 7 nitrogen and oxygen atoms in total. The van der Waals surface area contributed by atoms with Gasteiger partial charge in [0, 0.05) is 31.6 Å². The molecule has 0 amide bonds. The Morgan fingerprint density at radius 1 is 1.29 bits per heavy atom. The van der Waals surface area contributed by atoms with Gasteiger partial charge in [0.25, 0.3) is 5.95 Å². The highest BCUT2D eigenvalue weighted by molar-refractivity contribution is 5.83. The lowest BCUT2D eigenvalue weighted by atomic mass is 9.97. The molecule has 0 aliphatic carbocycles. The lowest BCUT2D eigenvalue weighted by Crippen LogP contribution is -2.34. The van der Waals surface area contributed by atoms with E-state index in [1.807, 2.05) is 6.92 Å². The zero-order chi connectivity index (χ0) is 19.5. The van der Waals surface area contributed by atoms with Crippen LogP contribution < -0.4 is 0 Å². The van der Waals surface area contributed by atoms with E-state index in [0.29, 0.717) is 18.3 Å². The summed E-state index contributed by atoms with van der Waals surface area (Å²) < 4.78 is 26.0. The molecule has 1 aliphatic rings. The number of nitrogens with zero attached hydrogens (tertiary/aromatic N) is 5. The first-order chi connectivity index (χ1) is 13.7. The summed E-state index contributed by atoms with van der Waals surface area (Å²) in [6, 6.07) is 4.66. The number of likely N-dealkylation sites (tertiary alicyclic amines) is 1. The minimum Gasteiger partial charge on any atom is -0.385 e. The van der Waals surface area contributed by atoms with Gasteiger partial charge >= 0.3 is 0 Å². The van der Waals surface area contributed by atoms with Crippen LogP contribution in [0.3, 0.4) is 0 Å². The first kappa shape index (κ1) is 19.0. The quantitative estimate of drug-likeness (QED) is 0.579. The lowest BCUT2D eigenvalue weighted by Gasteiger charge is -2.30. The summed E-state index contributed by atoms with van der Waals surface area (Å²) in [4.78, 5) is 7.07. The van der Waals surface area contributed by atoms with E-state index < -0.39 is 0 Å². The van der Waals surface area contributed by atoms with Crippen LogP contribution in [0, 0.1) is 5.82 Å². The van der Waals surface area contributed by atoms with Crippen molar-refractivity contribution in [3.8, 4) is 5.95 Å². The largest absolute Gasteiger partial charge is 0.385 e. The Bertz CT molecular complexity index is 930. The maximum Gasteiger partial charge on any atom is 0.291 e. The molecule has 0 atom stereocenters. The minimum atomic E-state index is -0.271. The van der Waals surface area contributed by atoms with Crippen molar-refractivity contribution in [2.24, 2.45) is 0 Å². The topological polar surface area (TPSA) is 69.2 Å². The summed E-state index contributed by atoms with van der Waals surface area (Å²) in [5.41, 5.74) is 1.61. The predicted molar refractivity (Wildman–Crippen MR) is 103 cm³/mol. The number of ether oxygens (including phenoxy) is 1. The minimum absolute atomic E-state index is 0.268. The first-order valence-corrected chi connectivity index (χ1v) is 9.92. The molecule has 0 radical (unpaired) electrons. The molecule has 4 rings (SSSR count). The highest BCUT2D eigenvalue weighted by atomic mass is 19.1. The number of aryl methyl sites for hydroxylation is 1. The van der Waals surface area contributed by atoms with E-state index in [1.165, 1.54) is 12.1 Å². The number of piperidine rings is 1. The van der Waals surface area contributed by atoms with Gasteiger partial charge in [-0.15, -0.1) is 0 Å². The summed E-state index contributed by atoms with van der Waals surface area (Å²) in [6.45, 7) is 5.91. The molecule has 1 saturated heterocycles. The maximum atomic E-state index is 13.6. The van der Waals surface area contributed by atoms with Crippen LogP contribution in [0.15, 0.2) is 22.7 Å². The van der Waals surface area contributed by atoms with Crippen molar-refractivity contribution in [2.45, 2.75) is 38.5 Å². The van der Waals surface area contributed by atoms with Crippen LogP contribution in [0.4, 0.5) is 4.39 Å². The fraction of sp³-hybridized carbons (Fsp3) is 0.550. The second-order valence-corrected chi connectivity index (χ2v) is 7.27. The molecule has 0 spiro atoms. The van der Waals surface area contributed by atoms with Gasteiger partial charge in [0.1, 0.15) is 5.82 Å². The van der Waals surface area contributed by atoms with Crippen LogP contribution in [-0.4, -0.2) is 58.2 Å². The van der Waals surface area contributed by atoms with Crippen molar-refractivity contribution in [1.29, 1.82) is 0 Å². The van der Waals surface area contributed by atoms with E-state index in [-0.39, 0.29) is 11.7 Å². The molecule has 3 heterocycles. The summed E-state index contributed by atoms with van der Waals surface area (Å²) >= 11 is 0. The van der Waals surface area contributed by atoms with Gasteiger partial charge in [0.15, 0.2) is 0 Å². The smallest absolute Gasteiger partial charge is 0.291 e. The van der Waals surface area contributed by atoms with E-state index in [4.69, 9.17) is 9.26 Å². The first-order valence-electron chi connectivity index (χ1n) is 9.92. The fourth-order valence-corrected chi connectivity index (χ4v) is 3.88. The summed E-state index contributed by atoms with van der Waals surface area (Å²) in [5.74, 6) is 1.07. The summed E-state index contributed by atoms with van der Waals surface area (Å²) in [6.07, 6.45) is 3.76. The van der Waals surface area contributed by atoms with Crippen molar-refractivity contribution in [1.82, 2.24) is 24.8 Å². The zero-order valence-electron chi connectivity index (χ0n) is 16.4. The molecule has 1 aliphatic heterocycles. The standard InChI is InChI=1S/C20H26FN5O2/c1-3-17-16-13-15(21)5-6-18(16)26(23-17)20-22-19(28-24-20)14-7-10-25(11-8-14)9-4-12-27-2/h5-6,13-14H,3-4,7-12H2,1-2H3. The van der Waals surface area contributed by atoms with Gasteiger partial charge in [-0.2, -0.15) is 14.8 Å². The van der Waals surface area contributed by atoms with Gasteiger partial charge in [-0.25, -0.2) is 4.39 Å². The van der Waals surface area contributed by atoms with Crippen molar-refractivity contribution in [3.63, 3.8) is 0 Å². The molecule has 150 valence electrons. The molecule has 0 bridgehead atoms. The van der Waals surface area contributed by atoms with Crippen LogP contribution in [0.1, 0.15) is 43.7 Å². The van der Waals surface area contributed by atoms with Gasteiger partial charge in [-0.05, 0) is 62.1 Å². The summed E-state index contributed by atoms with van der Waals surface area (Å²) in [7, 11) is 1.74. The van der Waals surface area contributed by atoms with Gasteiger partial charge in [0.05, 0.1) is 11.2 Å². The van der Waals surface area contributed by atoms with E-state index >= 15 is 0 Å². The number of aromatic nitrogens is 4. The molecule has 3 aromatic rings. The normalized spacial score (nSPS) is 16.2. The Morgan fingerprint density at radius 2 is 2.11 bits per heavy atom. The van der Waals surface area contributed by atoms with E-state index in [0.717, 1.165) is 62.1 Å². The van der Waals surface area contributed by atoms with Crippen LogP contribution >= 0.6 is 0 Å². The predicted octanol–water partition coefficient (Wildman–Crippen LogP) is 3.33. The third kappa shape index (κ3) is 3.79. The number of fused-ring (bicyclic) bond motifs is 1. The van der Waals surface area contributed by atoms with Gasteiger partial charge in [-0.1, -0.05) is 6.92 Å². The van der Waals surface area contributed by atoms with Crippen LogP contribution in [0.5, 0.6) is 0 Å². The number of halogens is 1. The number of hydrogen-bond donors (Lipinski definition) is 0. The number of rotatable bonds is 7. The third-order valence-corrected chi connectivity index (χ3v) is 5.43. The second-order valence-electron chi connectivity index (χ2n) is 7.27. The highest BCUT2D eigenvalue weighted by Gasteiger charge is 2.26. The summed E-state index contributed by atoms with van der Waals surface area (Å²) in [5, 5.41) is 9.52. The Labute approximate surface area is 163 Å². The van der Waals surface area contributed by atoms with Crippen molar-refractivity contribution in [3.05, 3.63) is 35.6 Å². The number of hydrogen-bond acceptors (Lipinski definition) is 6. The molecule has 0 saturated carbocycles. The molecule has 8 heteroatoms. The fourth-order valence-electron chi connectivity index (χ4n) is 3.88. The van der Waals surface area contributed by atoms with E-state index in [1.54, 1.807) is 17.9 Å². The molecule has 2 aromatic heterocycles. The van der Waals surface area contributed by atoms with Crippen molar-refractivity contribution >= 4 is 10.9 Å². The molecule has 0 unspecified atom stereocenters. The van der Waals surface area contributed by atoms with Crippen LogP contribution in [0.2, 0.25) is 0 Å². The number of benzene rings is 1. The number of methoxy groups -OCH3 is 1. The average Bonchev–Trinajstić information content (AvgIpc) is 3.33. The van der Waals surface area contributed by atoms with Gasteiger partial charge < -0.3 is 14.2 Å². The van der Waals surface area contributed by atoms with Gasteiger partial charge in [-0.3, -0.25) is 0 Å². The maximum absolute atomic E-state index is 13.6. The van der Waals surface area contributed by atoms with Gasteiger partial charge in [0.2, 0.25) is 5.89 Å². The van der Waals surface area contributed by atoms with Crippen molar-refractivity contribution in [2.75, 3.05) is 33.4 Å². The SMILES string of the molecule is CCc1nn(-c2noc(C3CCN(CCCOC)CC3)n2)c2ccc(F)cc12. The van der Waals surface area contributed by atoms with E-state index in [2.05, 4.69) is 20.1 Å². The van der Waals surface area contributed by atoms with E-state index in [9.17, 15) is 4.39 Å². The third-order valence-electron chi connectivity index (χ3n) is 5.43. The monoisotopic (exact) mass is 387 g/mol. The molecule has 0 N–H and O–H groups in total. The highest BCUT2D eigenvalue weighted by Crippen LogP contribution is 2.28. The molecular formula is C20H26FN5O2. The molecule has 28 heavy (non-hydrogen) atoms. The second kappa shape index (κ2) is 8.36. The average molecular weight is 387 g/mol. The Hall–Kier alpha value is -2.32. The van der Waals surface area contributed by atoms with Crippen molar-refractivity contribution < 1.29 is 13.7 Å². The Morgan fingerprint density at radius 3 is 2.86 bits per heavy atom. The molecule has 1 fully saturated rings. The van der Waals surface area contributed by atoms with Crippen LogP contribution in [0.25, 0.3) is 16.9 Å². The zero-order valence-corrected chi connectivity index (χ0v) is 16.4. The molecular weight excluding hydrogens is 361 g/mol. The molecule has 1 aromatic carbocycles. The Kier molecular flexibility index (Phi) is 5.68. The Balaban J connectivity index is 1.49. The lowest BCUT2D eigenvalue weighted by molar-refractivity contribution is 0.152. The van der Waals surface area contributed by atoms with Crippen LogP contribution in [-0.2, 0) is 11.2 Å².